The number of hydrogen-bond donors (Lipinski definition) is 1. The van der Waals surface area contributed by atoms with E-state index in [4.69, 9.17) is 17.3 Å². The number of fused-ring (bicyclic) bond motifs is 1. The lowest BCUT2D eigenvalue weighted by molar-refractivity contribution is 0.213. The Bertz CT molecular complexity index is 605. The van der Waals surface area contributed by atoms with Gasteiger partial charge in [0.15, 0.2) is 0 Å². The lowest BCUT2D eigenvalue weighted by Gasteiger charge is -2.34. The van der Waals surface area contributed by atoms with Gasteiger partial charge in [0.05, 0.1) is 10.5 Å². The van der Waals surface area contributed by atoms with Crippen LogP contribution < -0.4 is 5.73 Å². The van der Waals surface area contributed by atoms with Crippen LogP contribution in [0.2, 0.25) is 5.02 Å². The first-order chi connectivity index (χ1) is 9.08. The Balaban J connectivity index is 2.10. The number of para-hydroxylation sites is 1. The van der Waals surface area contributed by atoms with E-state index < -0.39 is 0 Å². The summed E-state index contributed by atoms with van der Waals surface area (Å²) < 4.78 is 2.19. The summed E-state index contributed by atoms with van der Waals surface area (Å²) in [7, 11) is 0. The van der Waals surface area contributed by atoms with Gasteiger partial charge in [-0.25, -0.2) is 4.98 Å². The van der Waals surface area contributed by atoms with Crippen LogP contribution in [0.1, 0.15) is 39.2 Å². The average molecular weight is 278 g/mol. The van der Waals surface area contributed by atoms with E-state index in [1.54, 1.807) is 0 Å². The number of rotatable bonds is 1. The molecule has 1 aromatic heterocycles. The molecule has 1 aliphatic carbocycles. The molecule has 19 heavy (non-hydrogen) atoms. The minimum Gasteiger partial charge on any atom is -0.369 e. The molecule has 2 aromatic rings. The van der Waals surface area contributed by atoms with Gasteiger partial charge >= 0.3 is 0 Å². The van der Waals surface area contributed by atoms with Crippen molar-refractivity contribution in [1.82, 2.24) is 9.55 Å². The fourth-order valence-electron chi connectivity index (χ4n) is 3.48. The van der Waals surface area contributed by atoms with Crippen LogP contribution in [-0.2, 0) is 0 Å². The molecule has 3 rings (SSSR count). The molecule has 1 aromatic carbocycles. The summed E-state index contributed by atoms with van der Waals surface area (Å²) >= 11 is 6.21. The van der Waals surface area contributed by atoms with E-state index in [1.807, 2.05) is 12.1 Å². The first-order valence-electron chi connectivity index (χ1n) is 7.00. The molecule has 3 nitrogen and oxygen atoms in total. The number of nitrogen functional groups attached to an aromatic ring is 1. The lowest BCUT2D eigenvalue weighted by Crippen LogP contribution is -2.25. The van der Waals surface area contributed by atoms with Crippen molar-refractivity contribution in [3.05, 3.63) is 23.2 Å². The van der Waals surface area contributed by atoms with Crippen LogP contribution in [0.4, 0.5) is 5.95 Å². The molecule has 1 fully saturated rings. The van der Waals surface area contributed by atoms with E-state index in [0.717, 1.165) is 17.0 Å². The van der Waals surface area contributed by atoms with Gasteiger partial charge < -0.3 is 10.3 Å². The summed E-state index contributed by atoms with van der Waals surface area (Å²) in [5, 5.41) is 0.680. The molecular weight excluding hydrogens is 258 g/mol. The molecule has 3 atom stereocenters. The quantitative estimate of drug-likeness (QED) is 0.846. The zero-order chi connectivity index (χ0) is 13.6. The van der Waals surface area contributed by atoms with Crippen molar-refractivity contribution in [2.75, 3.05) is 5.73 Å². The normalized spacial score (nSPS) is 27.8. The van der Waals surface area contributed by atoms with Gasteiger partial charge in [0.1, 0.15) is 5.52 Å². The molecule has 1 saturated carbocycles. The van der Waals surface area contributed by atoms with Crippen LogP contribution in [-0.4, -0.2) is 9.55 Å². The Hall–Kier alpha value is -1.22. The summed E-state index contributed by atoms with van der Waals surface area (Å²) in [6, 6.07) is 6.35. The van der Waals surface area contributed by atoms with Crippen molar-refractivity contribution in [3.63, 3.8) is 0 Å². The number of aromatic nitrogens is 2. The third-order valence-electron chi connectivity index (χ3n) is 4.42. The van der Waals surface area contributed by atoms with Crippen LogP contribution in [0.25, 0.3) is 11.0 Å². The summed E-state index contributed by atoms with van der Waals surface area (Å²) in [4.78, 5) is 4.45. The highest BCUT2D eigenvalue weighted by Gasteiger charge is 2.29. The monoisotopic (exact) mass is 277 g/mol. The van der Waals surface area contributed by atoms with E-state index in [-0.39, 0.29) is 0 Å². The maximum absolute atomic E-state index is 6.21. The zero-order valence-electron chi connectivity index (χ0n) is 11.4. The predicted octanol–water partition coefficient (Wildman–Crippen LogP) is 4.27. The Morgan fingerprint density at radius 2 is 2.11 bits per heavy atom. The van der Waals surface area contributed by atoms with E-state index in [1.165, 1.54) is 19.3 Å². The van der Waals surface area contributed by atoms with Crippen LogP contribution >= 0.6 is 11.6 Å². The second-order valence-corrected chi connectivity index (χ2v) is 6.32. The molecule has 0 aliphatic heterocycles. The summed E-state index contributed by atoms with van der Waals surface area (Å²) in [5.41, 5.74) is 8.04. The predicted molar refractivity (Wildman–Crippen MR) is 80.4 cm³/mol. The first kappa shape index (κ1) is 12.8. The summed E-state index contributed by atoms with van der Waals surface area (Å²) in [5.74, 6) is 2.03. The lowest BCUT2D eigenvalue weighted by atomic mass is 9.79. The van der Waals surface area contributed by atoms with Crippen molar-refractivity contribution < 1.29 is 0 Å². The maximum Gasteiger partial charge on any atom is 0.201 e. The average Bonchev–Trinajstić information content (AvgIpc) is 2.68. The SMILES string of the molecule is CC1CCC(n2c(N)nc3c(Cl)cccc32)C(C)C1. The van der Waals surface area contributed by atoms with Gasteiger partial charge in [-0.15, -0.1) is 0 Å². The molecule has 3 unspecified atom stereocenters. The second-order valence-electron chi connectivity index (χ2n) is 5.91. The fraction of sp³-hybridized carbons (Fsp3) is 0.533. The van der Waals surface area contributed by atoms with Gasteiger partial charge in [0, 0.05) is 6.04 Å². The van der Waals surface area contributed by atoms with Gasteiger partial charge in [-0.3, -0.25) is 0 Å². The van der Waals surface area contributed by atoms with Crippen molar-refractivity contribution >= 4 is 28.6 Å². The first-order valence-corrected chi connectivity index (χ1v) is 7.37. The molecule has 0 amide bonds. The van der Waals surface area contributed by atoms with Crippen molar-refractivity contribution in [2.24, 2.45) is 11.8 Å². The van der Waals surface area contributed by atoms with Crippen LogP contribution in [0.5, 0.6) is 0 Å². The molecule has 0 radical (unpaired) electrons. The van der Waals surface area contributed by atoms with Crippen LogP contribution in [0.3, 0.4) is 0 Å². The molecular formula is C15H20ClN3. The Morgan fingerprint density at radius 1 is 1.32 bits per heavy atom. The highest BCUT2D eigenvalue weighted by molar-refractivity contribution is 6.35. The minimum atomic E-state index is 0.444. The third-order valence-corrected chi connectivity index (χ3v) is 4.72. The molecule has 0 spiro atoms. The topological polar surface area (TPSA) is 43.8 Å². The van der Waals surface area contributed by atoms with E-state index in [9.17, 15) is 0 Å². The van der Waals surface area contributed by atoms with Gasteiger partial charge in [-0.1, -0.05) is 31.5 Å². The molecule has 102 valence electrons. The summed E-state index contributed by atoms with van der Waals surface area (Å²) in [6.45, 7) is 4.65. The van der Waals surface area contributed by atoms with Crippen LogP contribution in [0.15, 0.2) is 18.2 Å². The maximum atomic E-state index is 6.21. The van der Waals surface area contributed by atoms with Gasteiger partial charge in [-0.05, 0) is 43.2 Å². The number of hydrogen-bond acceptors (Lipinski definition) is 2. The number of benzene rings is 1. The van der Waals surface area contributed by atoms with Gasteiger partial charge in [0.2, 0.25) is 5.95 Å². The standard InChI is InChI=1S/C15H20ClN3/c1-9-6-7-12(10(2)8-9)19-13-5-3-4-11(16)14(13)18-15(19)17/h3-5,9-10,12H,6-8H2,1-2H3,(H2,17,18). The number of nitrogens with two attached hydrogens (primary N) is 1. The fourth-order valence-corrected chi connectivity index (χ4v) is 3.69. The zero-order valence-corrected chi connectivity index (χ0v) is 12.2. The molecule has 1 aliphatic rings. The smallest absolute Gasteiger partial charge is 0.201 e. The molecule has 1 heterocycles. The van der Waals surface area contributed by atoms with Crippen molar-refractivity contribution in [3.8, 4) is 0 Å². The second kappa shape index (κ2) is 4.71. The highest BCUT2D eigenvalue weighted by Crippen LogP contribution is 2.40. The van der Waals surface area contributed by atoms with Crippen molar-refractivity contribution in [1.29, 1.82) is 0 Å². The minimum absolute atomic E-state index is 0.444. The van der Waals surface area contributed by atoms with E-state index in [2.05, 4.69) is 29.5 Å². The Kier molecular flexibility index (Phi) is 3.17. The number of halogens is 1. The highest BCUT2D eigenvalue weighted by atomic mass is 35.5. The third kappa shape index (κ3) is 2.10. The van der Waals surface area contributed by atoms with Crippen molar-refractivity contribution in [2.45, 2.75) is 39.2 Å². The number of imidazole rings is 1. The van der Waals surface area contributed by atoms with Gasteiger partial charge in [-0.2, -0.15) is 0 Å². The number of anilines is 1. The van der Waals surface area contributed by atoms with E-state index >= 15 is 0 Å². The Labute approximate surface area is 118 Å². The largest absolute Gasteiger partial charge is 0.369 e. The van der Waals surface area contributed by atoms with Crippen LogP contribution in [0, 0.1) is 11.8 Å². The number of nitrogens with zero attached hydrogens (tertiary/aromatic N) is 2. The Morgan fingerprint density at radius 3 is 2.84 bits per heavy atom. The molecule has 0 bridgehead atoms. The molecule has 2 N–H and O–H groups in total. The van der Waals surface area contributed by atoms with E-state index in [0.29, 0.717) is 22.9 Å². The molecule has 4 heteroatoms. The van der Waals surface area contributed by atoms with Gasteiger partial charge in [0.25, 0.3) is 0 Å². The molecule has 0 saturated heterocycles. The summed E-state index contributed by atoms with van der Waals surface area (Å²) in [6.07, 6.45) is 3.68.